The molecule has 1 unspecified atom stereocenters. The van der Waals surface area contributed by atoms with Gasteiger partial charge in [0, 0.05) is 18.7 Å². The van der Waals surface area contributed by atoms with E-state index in [0.717, 1.165) is 23.1 Å². The van der Waals surface area contributed by atoms with Gasteiger partial charge in [-0.15, -0.1) is 12.4 Å². The van der Waals surface area contributed by atoms with Crippen LogP contribution in [0.5, 0.6) is 0 Å². The van der Waals surface area contributed by atoms with Gasteiger partial charge in [-0.05, 0) is 73.0 Å². The number of nitrogens with zero attached hydrogens (tertiary/aromatic N) is 4. The van der Waals surface area contributed by atoms with E-state index in [-0.39, 0.29) is 36.4 Å². The number of nitrogens with one attached hydrogen (secondary N) is 1. The number of nitrogens with two attached hydrogens (primary N) is 1. The molecule has 1 aromatic heterocycles. The summed E-state index contributed by atoms with van der Waals surface area (Å²) >= 11 is 0. The smallest absolute Gasteiger partial charge is 0.326 e. The fourth-order valence-corrected chi connectivity index (χ4v) is 4.78. The summed E-state index contributed by atoms with van der Waals surface area (Å²) in [5, 5.41) is 15.3. The maximum Gasteiger partial charge on any atom is 0.435 e. The number of benzene rings is 3. The van der Waals surface area contributed by atoms with Crippen LogP contribution in [0.2, 0.25) is 0 Å². The third-order valence-electron chi connectivity index (χ3n) is 7.06. The Morgan fingerprint density at radius 3 is 2.43 bits per heavy atom. The van der Waals surface area contributed by atoms with Crippen LogP contribution in [0.15, 0.2) is 72.8 Å². The summed E-state index contributed by atoms with van der Waals surface area (Å²) in [4.78, 5) is 15.5. The minimum Gasteiger partial charge on any atom is -0.326 e. The van der Waals surface area contributed by atoms with Crippen molar-refractivity contribution in [3.05, 3.63) is 112 Å². The van der Waals surface area contributed by atoms with E-state index < -0.39 is 29.3 Å². The second-order valence-electron chi connectivity index (χ2n) is 9.92. The Morgan fingerprint density at radius 1 is 1.12 bits per heavy atom. The highest BCUT2D eigenvalue weighted by Gasteiger charge is 2.37. The number of alkyl halides is 3. The van der Waals surface area contributed by atoms with Gasteiger partial charge in [0.2, 0.25) is 0 Å². The maximum atomic E-state index is 15.0. The number of carbonyl (C=O) groups excluding carboxylic acids is 1. The van der Waals surface area contributed by atoms with E-state index >= 15 is 4.39 Å². The molecule has 12 heteroatoms. The minimum atomic E-state index is -4.81. The fraction of sp³-hybridized carbons (Fsp3) is 0.233. The summed E-state index contributed by atoms with van der Waals surface area (Å²) in [6.45, 7) is 0.135. The number of halogens is 5. The molecule has 7 nitrogen and oxygen atoms in total. The molecule has 3 aromatic carbocycles. The number of rotatable bonds is 8. The van der Waals surface area contributed by atoms with E-state index in [1.54, 1.807) is 30.3 Å². The highest BCUT2D eigenvalue weighted by molar-refractivity contribution is 6.03. The van der Waals surface area contributed by atoms with Gasteiger partial charge in [-0.2, -0.15) is 23.5 Å². The molecule has 42 heavy (non-hydrogen) atoms. The second-order valence-corrected chi connectivity index (χ2v) is 9.92. The molecule has 3 N–H and O–H groups in total. The highest BCUT2D eigenvalue weighted by atomic mass is 35.5. The van der Waals surface area contributed by atoms with E-state index in [1.807, 2.05) is 19.2 Å². The Labute approximate surface area is 246 Å². The number of aromatic nitrogens is 2. The van der Waals surface area contributed by atoms with Crippen LogP contribution in [-0.2, 0) is 12.7 Å². The quantitative estimate of drug-likeness (QED) is 0.235. The first-order valence-electron chi connectivity index (χ1n) is 12.9. The molecule has 1 aliphatic carbocycles. The van der Waals surface area contributed by atoms with E-state index in [4.69, 9.17) is 5.73 Å². The molecule has 218 valence electrons. The van der Waals surface area contributed by atoms with Crippen LogP contribution in [0.1, 0.15) is 57.3 Å². The van der Waals surface area contributed by atoms with E-state index in [1.165, 1.54) is 24.3 Å². The summed E-state index contributed by atoms with van der Waals surface area (Å²) in [7, 11) is 1.95. The molecule has 0 saturated heterocycles. The Balaban J connectivity index is 0.00000405. The summed E-state index contributed by atoms with van der Waals surface area (Å²) in [5.41, 5.74) is 6.68. The third kappa shape index (κ3) is 6.46. The number of hydrogen-bond acceptors (Lipinski definition) is 5. The largest absolute Gasteiger partial charge is 0.435 e. The maximum absolute atomic E-state index is 15.0. The van der Waals surface area contributed by atoms with Crippen molar-refractivity contribution in [1.82, 2.24) is 14.7 Å². The normalized spacial score (nSPS) is 13.8. The van der Waals surface area contributed by atoms with Crippen LogP contribution in [0.3, 0.4) is 0 Å². The summed E-state index contributed by atoms with van der Waals surface area (Å²) in [5.74, 6) is -1.71. The molecule has 1 saturated carbocycles. The predicted octanol–water partition coefficient (Wildman–Crippen LogP) is 6.22. The summed E-state index contributed by atoms with van der Waals surface area (Å²) < 4.78 is 56.6. The predicted molar refractivity (Wildman–Crippen MR) is 152 cm³/mol. The van der Waals surface area contributed by atoms with Crippen LogP contribution in [-0.4, -0.2) is 33.7 Å². The molecule has 0 aliphatic heterocycles. The summed E-state index contributed by atoms with van der Waals surface area (Å²) in [6, 6.07) is 20.4. The molecule has 1 fully saturated rings. The van der Waals surface area contributed by atoms with Crippen LogP contribution in [0, 0.1) is 17.1 Å². The van der Waals surface area contributed by atoms with Crippen molar-refractivity contribution in [3.63, 3.8) is 0 Å². The van der Waals surface area contributed by atoms with Crippen molar-refractivity contribution in [1.29, 1.82) is 5.26 Å². The highest BCUT2D eigenvalue weighted by Crippen LogP contribution is 2.38. The van der Waals surface area contributed by atoms with E-state index in [0.29, 0.717) is 28.8 Å². The lowest BCUT2D eigenvalue weighted by Gasteiger charge is -2.29. The molecular formula is C30H27ClF4N6O. The SMILES string of the molecule is CN(C1CC1)C(c1ccc(C#N)cc1)c1ccc(F)c(NC(=O)c2cc(C(F)(F)F)nn2-c2cccc(CN)c2)c1.Cl. The van der Waals surface area contributed by atoms with Gasteiger partial charge in [-0.25, -0.2) is 9.07 Å². The van der Waals surface area contributed by atoms with Gasteiger partial charge in [0.25, 0.3) is 5.91 Å². The number of hydrogen-bond donors (Lipinski definition) is 2. The van der Waals surface area contributed by atoms with Gasteiger partial charge in [-0.3, -0.25) is 9.69 Å². The molecule has 0 spiro atoms. The van der Waals surface area contributed by atoms with Crippen molar-refractivity contribution in [2.45, 2.75) is 37.6 Å². The van der Waals surface area contributed by atoms with E-state index in [2.05, 4.69) is 21.4 Å². The Morgan fingerprint density at radius 2 is 1.81 bits per heavy atom. The van der Waals surface area contributed by atoms with Gasteiger partial charge >= 0.3 is 6.18 Å². The lowest BCUT2D eigenvalue weighted by atomic mass is 9.95. The van der Waals surface area contributed by atoms with E-state index in [9.17, 15) is 23.2 Å². The van der Waals surface area contributed by atoms with Crippen LogP contribution < -0.4 is 11.1 Å². The van der Waals surface area contributed by atoms with Crippen molar-refractivity contribution in [3.8, 4) is 11.8 Å². The molecule has 5 rings (SSSR count). The lowest BCUT2D eigenvalue weighted by Crippen LogP contribution is -2.28. The molecule has 1 heterocycles. The topological polar surface area (TPSA) is 100.0 Å². The molecule has 0 radical (unpaired) electrons. The lowest BCUT2D eigenvalue weighted by molar-refractivity contribution is -0.141. The number of anilines is 1. The van der Waals surface area contributed by atoms with Gasteiger partial charge in [-0.1, -0.05) is 30.3 Å². The van der Waals surface area contributed by atoms with Crippen molar-refractivity contribution >= 4 is 24.0 Å². The van der Waals surface area contributed by atoms with Gasteiger partial charge in [0.1, 0.15) is 11.5 Å². The summed E-state index contributed by atoms with van der Waals surface area (Å²) in [6.07, 6.45) is -2.80. The standard InChI is InChI=1S/C30H26F4N6O.ClH/c1-39(22-10-11-22)28(20-7-5-18(16-35)6-8-20)21-9-12-24(31)25(14-21)37-29(41)26-15-27(30(32,33)34)38-40(26)23-4-2-3-19(13-23)17-36;/h2-9,12-15,22,28H,10-11,17,36H2,1H3,(H,37,41);1H. The van der Waals surface area contributed by atoms with Gasteiger partial charge in [0.05, 0.1) is 29.0 Å². The molecule has 1 amide bonds. The zero-order chi connectivity index (χ0) is 29.3. The monoisotopic (exact) mass is 598 g/mol. The second kappa shape index (κ2) is 12.3. The Kier molecular flexibility index (Phi) is 9.01. The molecule has 0 bridgehead atoms. The zero-order valence-electron chi connectivity index (χ0n) is 22.4. The minimum absolute atomic E-state index is 0. The third-order valence-corrected chi connectivity index (χ3v) is 7.06. The molecular weight excluding hydrogens is 572 g/mol. The average molecular weight is 599 g/mol. The first-order chi connectivity index (χ1) is 19.6. The van der Waals surface area contributed by atoms with Crippen LogP contribution in [0.25, 0.3) is 5.69 Å². The average Bonchev–Trinajstić information content (AvgIpc) is 3.71. The van der Waals surface area contributed by atoms with Gasteiger partial charge < -0.3 is 11.1 Å². The van der Waals surface area contributed by atoms with Crippen LogP contribution >= 0.6 is 12.4 Å². The zero-order valence-corrected chi connectivity index (χ0v) is 23.2. The fourth-order valence-electron chi connectivity index (χ4n) is 4.78. The number of nitriles is 1. The van der Waals surface area contributed by atoms with Crippen molar-refractivity contribution in [2.24, 2.45) is 5.73 Å². The van der Waals surface area contributed by atoms with Crippen molar-refractivity contribution in [2.75, 3.05) is 12.4 Å². The Bertz CT molecular complexity index is 1630. The molecule has 4 aromatic rings. The number of amides is 1. The van der Waals surface area contributed by atoms with Gasteiger partial charge in [0.15, 0.2) is 5.69 Å². The molecule has 1 aliphatic rings. The first-order valence-corrected chi connectivity index (χ1v) is 12.9. The first kappa shape index (κ1) is 30.7. The Hall–Kier alpha value is -4.24. The van der Waals surface area contributed by atoms with Crippen LogP contribution in [0.4, 0.5) is 23.2 Å². The number of carbonyl (C=O) groups is 1. The molecule has 1 atom stereocenters. The van der Waals surface area contributed by atoms with Crippen molar-refractivity contribution < 1.29 is 22.4 Å².